The smallest absolute Gasteiger partial charge is 0.223 e. The molecule has 1 N–H and O–H groups in total. The highest BCUT2D eigenvalue weighted by atomic mass is 16.3. The molecule has 0 aromatic carbocycles. The third-order valence-corrected chi connectivity index (χ3v) is 3.97. The molecule has 0 bridgehead atoms. The maximum Gasteiger partial charge on any atom is 0.223 e. The average molecular weight is 292 g/mol. The van der Waals surface area contributed by atoms with Crippen LogP contribution in [-0.4, -0.2) is 29.9 Å². The van der Waals surface area contributed by atoms with Crippen LogP contribution >= 0.6 is 0 Å². The lowest BCUT2D eigenvalue weighted by molar-refractivity contribution is -0.130. The van der Waals surface area contributed by atoms with Gasteiger partial charge in [0.1, 0.15) is 11.5 Å². The Labute approximate surface area is 127 Å². The van der Waals surface area contributed by atoms with E-state index < -0.39 is 0 Å². The highest BCUT2D eigenvalue weighted by molar-refractivity contribution is 5.76. The Morgan fingerprint density at radius 3 is 2.67 bits per heavy atom. The number of nitrogens with zero attached hydrogens (tertiary/aromatic N) is 1. The van der Waals surface area contributed by atoms with E-state index in [1.54, 1.807) is 4.90 Å². The molecule has 1 amide bonds. The molecule has 118 valence electrons. The fraction of sp³-hybridized carbons (Fsp3) is 0.706. The summed E-state index contributed by atoms with van der Waals surface area (Å²) in [5.74, 6) is 3.43. The summed E-state index contributed by atoms with van der Waals surface area (Å²) in [4.78, 5) is 13.8. The van der Waals surface area contributed by atoms with Gasteiger partial charge in [0.15, 0.2) is 0 Å². The topological polar surface area (TPSA) is 45.5 Å². The average Bonchev–Trinajstić information content (AvgIpc) is 2.92. The summed E-state index contributed by atoms with van der Waals surface area (Å²) in [6.45, 7) is 9.80. The lowest BCUT2D eigenvalue weighted by Gasteiger charge is -2.21. The predicted molar refractivity (Wildman–Crippen MR) is 84.1 cm³/mol. The van der Waals surface area contributed by atoms with Crippen LogP contribution in [0.2, 0.25) is 0 Å². The SMILES string of the molecule is CC1CC1c1ccc(CN(C)C(=O)CCNC(C)(C)C)o1. The first-order chi connectivity index (χ1) is 9.76. The zero-order valence-corrected chi connectivity index (χ0v) is 13.9. The van der Waals surface area contributed by atoms with Crippen molar-refractivity contribution in [1.29, 1.82) is 0 Å². The van der Waals surface area contributed by atoms with Gasteiger partial charge in [-0.2, -0.15) is 0 Å². The molecule has 1 aromatic heterocycles. The second kappa shape index (κ2) is 6.22. The minimum Gasteiger partial charge on any atom is -0.464 e. The largest absolute Gasteiger partial charge is 0.464 e. The highest BCUT2D eigenvalue weighted by Gasteiger charge is 2.36. The van der Waals surface area contributed by atoms with Crippen molar-refractivity contribution in [3.8, 4) is 0 Å². The van der Waals surface area contributed by atoms with Crippen molar-refractivity contribution < 1.29 is 9.21 Å². The van der Waals surface area contributed by atoms with Crippen molar-refractivity contribution in [3.05, 3.63) is 23.7 Å². The van der Waals surface area contributed by atoms with Crippen LogP contribution < -0.4 is 5.32 Å². The standard InChI is InChI=1S/C17H28N2O2/c1-12-10-14(12)15-7-6-13(21-15)11-19(5)16(20)8-9-18-17(2,3)4/h6-7,12,14,18H,8-11H2,1-5H3. The van der Waals surface area contributed by atoms with E-state index in [0.717, 1.165) is 17.4 Å². The van der Waals surface area contributed by atoms with Crippen LogP contribution in [-0.2, 0) is 11.3 Å². The van der Waals surface area contributed by atoms with E-state index >= 15 is 0 Å². The van der Waals surface area contributed by atoms with Gasteiger partial charge >= 0.3 is 0 Å². The van der Waals surface area contributed by atoms with E-state index in [1.165, 1.54) is 6.42 Å². The van der Waals surface area contributed by atoms with Crippen LogP contribution in [0.1, 0.15) is 58.0 Å². The first-order valence-electron chi connectivity index (χ1n) is 7.84. The number of carbonyl (C=O) groups excluding carboxylic acids is 1. The van der Waals surface area contributed by atoms with Gasteiger partial charge in [0.05, 0.1) is 6.54 Å². The number of amides is 1. The number of nitrogens with one attached hydrogen (secondary N) is 1. The number of rotatable bonds is 6. The maximum atomic E-state index is 12.1. The van der Waals surface area contributed by atoms with Crippen LogP contribution in [0.4, 0.5) is 0 Å². The first kappa shape index (κ1) is 16.1. The summed E-state index contributed by atoms with van der Waals surface area (Å²) in [5, 5.41) is 3.33. The molecule has 1 saturated carbocycles. The molecule has 21 heavy (non-hydrogen) atoms. The molecule has 0 aliphatic heterocycles. The van der Waals surface area contributed by atoms with Gasteiger partial charge in [-0.15, -0.1) is 0 Å². The molecular weight excluding hydrogens is 264 g/mol. The number of hydrogen-bond acceptors (Lipinski definition) is 3. The second-order valence-electron chi connectivity index (χ2n) is 7.30. The highest BCUT2D eigenvalue weighted by Crippen LogP contribution is 2.47. The zero-order valence-electron chi connectivity index (χ0n) is 13.9. The molecule has 2 atom stereocenters. The van der Waals surface area contributed by atoms with Crippen molar-refractivity contribution in [2.24, 2.45) is 5.92 Å². The van der Waals surface area contributed by atoms with Gasteiger partial charge < -0.3 is 14.6 Å². The third kappa shape index (κ3) is 4.88. The van der Waals surface area contributed by atoms with Gasteiger partial charge in [0, 0.05) is 31.5 Å². The molecule has 1 aliphatic carbocycles. The maximum absolute atomic E-state index is 12.1. The van der Waals surface area contributed by atoms with Gasteiger partial charge in [-0.05, 0) is 45.2 Å². The van der Waals surface area contributed by atoms with E-state index in [-0.39, 0.29) is 11.4 Å². The second-order valence-corrected chi connectivity index (χ2v) is 7.30. The van der Waals surface area contributed by atoms with Crippen LogP contribution in [0, 0.1) is 5.92 Å². The van der Waals surface area contributed by atoms with E-state index in [2.05, 4.69) is 39.1 Å². The molecule has 4 heteroatoms. The summed E-state index contributed by atoms with van der Waals surface area (Å²) in [7, 11) is 1.83. The molecule has 1 aliphatic rings. The Hall–Kier alpha value is -1.29. The van der Waals surface area contributed by atoms with Crippen LogP contribution in [0.25, 0.3) is 0 Å². The summed E-state index contributed by atoms with van der Waals surface area (Å²) in [6, 6.07) is 4.06. The molecule has 1 aromatic rings. The normalized spacial score (nSPS) is 21.4. The third-order valence-electron chi connectivity index (χ3n) is 3.97. The Morgan fingerprint density at radius 2 is 2.10 bits per heavy atom. The van der Waals surface area contributed by atoms with Crippen molar-refractivity contribution in [2.75, 3.05) is 13.6 Å². The molecule has 0 saturated heterocycles. The molecule has 1 heterocycles. The lowest BCUT2D eigenvalue weighted by atomic mass is 10.1. The monoisotopic (exact) mass is 292 g/mol. The van der Waals surface area contributed by atoms with Crippen LogP contribution in [0.15, 0.2) is 16.5 Å². The van der Waals surface area contributed by atoms with Gasteiger partial charge in [0.25, 0.3) is 0 Å². The molecule has 2 unspecified atom stereocenters. The van der Waals surface area contributed by atoms with E-state index in [1.807, 2.05) is 13.1 Å². The fourth-order valence-electron chi connectivity index (χ4n) is 2.45. The molecule has 2 rings (SSSR count). The summed E-state index contributed by atoms with van der Waals surface area (Å²) in [6.07, 6.45) is 1.74. The van der Waals surface area contributed by atoms with Gasteiger partial charge in [0.2, 0.25) is 5.91 Å². The quantitative estimate of drug-likeness (QED) is 0.876. The number of carbonyl (C=O) groups is 1. The Morgan fingerprint density at radius 1 is 1.43 bits per heavy atom. The van der Waals surface area contributed by atoms with Crippen molar-refractivity contribution in [2.45, 2.75) is 58.5 Å². The van der Waals surface area contributed by atoms with E-state index in [4.69, 9.17) is 4.42 Å². The first-order valence-corrected chi connectivity index (χ1v) is 7.84. The summed E-state index contributed by atoms with van der Waals surface area (Å²) >= 11 is 0. The van der Waals surface area contributed by atoms with Crippen molar-refractivity contribution in [3.63, 3.8) is 0 Å². The molecule has 4 nitrogen and oxygen atoms in total. The molecular formula is C17H28N2O2. The molecule has 0 spiro atoms. The molecule has 1 fully saturated rings. The Kier molecular flexibility index (Phi) is 4.77. The zero-order chi connectivity index (χ0) is 15.6. The lowest BCUT2D eigenvalue weighted by Crippen LogP contribution is -2.38. The van der Waals surface area contributed by atoms with Crippen LogP contribution in [0.3, 0.4) is 0 Å². The predicted octanol–water partition coefficient (Wildman–Crippen LogP) is 3.14. The van der Waals surface area contributed by atoms with Crippen LogP contribution in [0.5, 0.6) is 0 Å². The van der Waals surface area contributed by atoms with Crippen molar-refractivity contribution >= 4 is 5.91 Å². The number of furan rings is 1. The van der Waals surface area contributed by atoms with E-state index in [0.29, 0.717) is 25.4 Å². The number of hydrogen-bond donors (Lipinski definition) is 1. The fourth-order valence-corrected chi connectivity index (χ4v) is 2.45. The van der Waals surface area contributed by atoms with E-state index in [9.17, 15) is 4.79 Å². The Bertz CT molecular complexity index is 487. The van der Waals surface area contributed by atoms with Gasteiger partial charge in [-0.25, -0.2) is 0 Å². The Balaban J connectivity index is 1.76. The summed E-state index contributed by atoms with van der Waals surface area (Å²) < 4.78 is 5.85. The van der Waals surface area contributed by atoms with Gasteiger partial charge in [-0.1, -0.05) is 6.92 Å². The minimum absolute atomic E-state index is 0.0513. The minimum atomic E-state index is 0.0513. The van der Waals surface area contributed by atoms with Crippen molar-refractivity contribution in [1.82, 2.24) is 10.2 Å². The summed E-state index contributed by atoms with van der Waals surface area (Å²) in [5.41, 5.74) is 0.0513. The molecule has 0 radical (unpaired) electrons. The van der Waals surface area contributed by atoms with Gasteiger partial charge in [-0.3, -0.25) is 4.79 Å².